The van der Waals surface area contributed by atoms with Crippen LogP contribution >= 0.6 is 0 Å². The van der Waals surface area contributed by atoms with Gasteiger partial charge in [0.25, 0.3) is 0 Å². The summed E-state index contributed by atoms with van der Waals surface area (Å²) in [5, 5.41) is 9.60. The average Bonchev–Trinajstić information content (AvgIpc) is 2.59. The number of rotatable bonds is 4. The minimum absolute atomic E-state index is 0.363. The normalized spacial score (nSPS) is 10.8. The summed E-state index contributed by atoms with van der Waals surface area (Å²) in [6, 6.07) is 24.0. The van der Waals surface area contributed by atoms with Crippen molar-refractivity contribution in [3.63, 3.8) is 0 Å². The Hall–Kier alpha value is -2.52. The summed E-state index contributed by atoms with van der Waals surface area (Å²) in [6.07, 6.45) is 0. The Labute approximate surface area is 145 Å². The molecule has 3 aromatic rings. The number of benzene rings is 3. The minimum atomic E-state index is -0.887. The highest BCUT2D eigenvalue weighted by Gasteiger charge is 2.32. The number of carbonyl (C=O) groups is 1. The summed E-state index contributed by atoms with van der Waals surface area (Å²) in [4.78, 5) is 14.8. The lowest BCUT2D eigenvalue weighted by molar-refractivity contribution is 0.0693. The molecule has 0 aliphatic heterocycles. The molecule has 0 radical (unpaired) electrons. The number of aryl methyl sites for hydroxylation is 2. The van der Waals surface area contributed by atoms with E-state index in [1.165, 1.54) is 11.1 Å². The lowest BCUT2D eigenvalue weighted by Crippen LogP contribution is -2.11. The molecule has 24 heavy (non-hydrogen) atoms. The van der Waals surface area contributed by atoms with Crippen LogP contribution in [0.1, 0.15) is 21.5 Å². The first-order chi connectivity index (χ1) is 11.6. The van der Waals surface area contributed by atoms with Crippen LogP contribution in [0.15, 0.2) is 87.5 Å². The molecule has 0 saturated carbocycles. The van der Waals surface area contributed by atoms with E-state index in [1.54, 1.807) is 12.1 Å². The van der Waals surface area contributed by atoms with Gasteiger partial charge in [0.15, 0.2) is 14.7 Å². The molecule has 0 spiro atoms. The average molecular weight is 335 g/mol. The molecule has 120 valence electrons. The first kappa shape index (κ1) is 16.3. The van der Waals surface area contributed by atoms with Gasteiger partial charge in [-0.05, 0) is 50.2 Å². The molecule has 0 atom stereocenters. The summed E-state index contributed by atoms with van der Waals surface area (Å²) >= 11 is 0. The molecule has 0 heterocycles. The fourth-order valence-corrected chi connectivity index (χ4v) is 4.75. The largest absolute Gasteiger partial charge is 0.478 e. The quantitative estimate of drug-likeness (QED) is 0.674. The Balaban J connectivity index is 2.21. The third-order valence-corrected chi connectivity index (χ3v) is 6.13. The minimum Gasteiger partial charge on any atom is -0.478 e. The molecule has 0 fully saturated rings. The second-order valence-corrected chi connectivity index (χ2v) is 7.73. The number of carboxylic acid groups (broad SMARTS) is 1. The van der Waals surface area contributed by atoms with Gasteiger partial charge in [-0.1, -0.05) is 47.5 Å². The molecule has 3 rings (SSSR count). The summed E-state index contributed by atoms with van der Waals surface area (Å²) in [7, 11) is -0.444. The molecule has 0 bridgehead atoms. The smallest absolute Gasteiger partial charge is 0.340 e. The maximum atomic E-state index is 11.7. The van der Waals surface area contributed by atoms with Gasteiger partial charge in [0.2, 0.25) is 0 Å². The van der Waals surface area contributed by atoms with Crippen LogP contribution in [0.2, 0.25) is 0 Å². The third kappa shape index (κ3) is 3.36. The van der Waals surface area contributed by atoms with Crippen LogP contribution in [0.4, 0.5) is 0 Å². The number of aromatic carboxylic acids is 1. The lowest BCUT2D eigenvalue weighted by atomic mass is 10.2. The zero-order valence-electron chi connectivity index (χ0n) is 13.7. The molecular weight excluding hydrogens is 316 g/mol. The standard InChI is InChI=1S/C21H18O2S/c1-15-7-11-17(12-8-15)24(18-13-9-16(2)10-14-18)20-6-4-3-5-19(20)21(22)23/h3-14H,1-2H3/p+1. The van der Waals surface area contributed by atoms with Crippen molar-refractivity contribution < 1.29 is 9.90 Å². The predicted octanol–water partition coefficient (Wildman–Crippen LogP) is 5.10. The summed E-state index contributed by atoms with van der Waals surface area (Å²) < 4.78 is 0. The fourth-order valence-electron chi connectivity index (χ4n) is 2.56. The van der Waals surface area contributed by atoms with E-state index in [1.807, 2.05) is 12.1 Å². The van der Waals surface area contributed by atoms with Crippen LogP contribution in [-0.2, 0) is 10.9 Å². The number of carboxylic acids is 1. The molecule has 3 heteroatoms. The van der Waals surface area contributed by atoms with Crippen molar-refractivity contribution in [2.75, 3.05) is 0 Å². The lowest BCUT2D eigenvalue weighted by Gasteiger charge is -2.10. The number of hydrogen-bond donors (Lipinski definition) is 1. The second kappa shape index (κ2) is 6.93. The SMILES string of the molecule is Cc1ccc([S+](c2ccc(C)cc2)c2ccccc2C(=O)O)cc1. The Morgan fingerprint density at radius 2 is 1.21 bits per heavy atom. The molecule has 0 amide bonds. The van der Waals surface area contributed by atoms with E-state index in [9.17, 15) is 9.90 Å². The van der Waals surface area contributed by atoms with Gasteiger partial charge in [-0.2, -0.15) is 0 Å². The topological polar surface area (TPSA) is 37.3 Å². The Morgan fingerprint density at radius 1 is 0.750 bits per heavy atom. The Bertz CT molecular complexity index is 806. The zero-order valence-corrected chi connectivity index (χ0v) is 14.5. The van der Waals surface area contributed by atoms with Crippen LogP contribution in [0.3, 0.4) is 0 Å². The molecule has 0 unspecified atom stereocenters. The Morgan fingerprint density at radius 3 is 1.67 bits per heavy atom. The second-order valence-electron chi connectivity index (χ2n) is 5.73. The highest BCUT2D eigenvalue weighted by Crippen LogP contribution is 2.33. The van der Waals surface area contributed by atoms with Gasteiger partial charge in [0, 0.05) is 0 Å². The van der Waals surface area contributed by atoms with Crippen molar-refractivity contribution in [2.24, 2.45) is 0 Å². The van der Waals surface area contributed by atoms with Crippen molar-refractivity contribution in [1.29, 1.82) is 0 Å². The first-order valence-corrected chi connectivity index (χ1v) is 8.98. The van der Waals surface area contributed by atoms with Crippen LogP contribution in [-0.4, -0.2) is 11.1 Å². The van der Waals surface area contributed by atoms with Gasteiger partial charge >= 0.3 is 5.97 Å². The van der Waals surface area contributed by atoms with Crippen LogP contribution < -0.4 is 0 Å². The van der Waals surface area contributed by atoms with Crippen molar-refractivity contribution in [2.45, 2.75) is 28.5 Å². The van der Waals surface area contributed by atoms with Crippen molar-refractivity contribution >= 4 is 16.9 Å². The van der Waals surface area contributed by atoms with Gasteiger partial charge < -0.3 is 5.11 Å². The van der Waals surface area contributed by atoms with Crippen molar-refractivity contribution in [1.82, 2.24) is 0 Å². The third-order valence-electron chi connectivity index (χ3n) is 3.85. The Kier molecular flexibility index (Phi) is 4.72. The molecule has 0 aromatic heterocycles. The van der Waals surface area contributed by atoms with Gasteiger partial charge in [0.05, 0.1) is 0 Å². The number of hydrogen-bond acceptors (Lipinski definition) is 1. The molecule has 3 aromatic carbocycles. The maximum Gasteiger partial charge on any atom is 0.340 e. The van der Waals surface area contributed by atoms with E-state index in [0.717, 1.165) is 14.7 Å². The van der Waals surface area contributed by atoms with Crippen LogP contribution in [0.5, 0.6) is 0 Å². The highest BCUT2D eigenvalue weighted by molar-refractivity contribution is 7.97. The van der Waals surface area contributed by atoms with E-state index in [2.05, 4.69) is 62.4 Å². The maximum absolute atomic E-state index is 11.7. The van der Waals surface area contributed by atoms with Crippen molar-refractivity contribution in [3.05, 3.63) is 89.5 Å². The van der Waals surface area contributed by atoms with Crippen LogP contribution in [0, 0.1) is 13.8 Å². The molecule has 0 aliphatic carbocycles. The molecular formula is C21H19O2S+. The molecule has 2 nitrogen and oxygen atoms in total. The molecule has 0 saturated heterocycles. The monoisotopic (exact) mass is 335 g/mol. The van der Waals surface area contributed by atoms with E-state index < -0.39 is 16.9 Å². The van der Waals surface area contributed by atoms with Gasteiger partial charge in [-0.25, -0.2) is 4.79 Å². The fraction of sp³-hybridized carbons (Fsp3) is 0.0952. The van der Waals surface area contributed by atoms with Crippen LogP contribution in [0.25, 0.3) is 0 Å². The summed E-state index contributed by atoms with van der Waals surface area (Å²) in [5.74, 6) is -0.887. The zero-order chi connectivity index (χ0) is 17.1. The molecule has 1 N–H and O–H groups in total. The molecule has 0 aliphatic rings. The first-order valence-electron chi connectivity index (χ1n) is 7.76. The summed E-state index contributed by atoms with van der Waals surface area (Å²) in [5.41, 5.74) is 2.75. The summed E-state index contributed by atoms with van der Waals surface area (Å²) in [6.45, 7) is 4.11. The van der Waals surface area contributed by atoms with Gasteiger partial charge in [-0.15, -0.1) is 0 Å². The van der Waals surface area contributed by atoms with Gasteiger partial charge in [0.1, 0.15) is 16.5 Å². The van der Waals surface area contributed by atoms with E-state index in [4.69, 9.17) is 0 Å². The van der Waals surface area contributed by atoms with Gasteiger partial charge in [-0.3, -0.25) is 0 Å². The van der Waals surface area contributed by atoms with E-state index >= 15 is 0 Å². The van der Waals surface area contributed by atoms with E-state index in [-0.39, 0.29) is 0 Å². The van der Waals surface area contributed by atoms with Crippen molar-refractivity contribution in [3.8, 4) is 0 Å². The highest BCUT2D eigenvalue weighted by atomic mass is 32.2. The van der Waals surface area contributed by atoms with E-state index in [0.29, 0.717) is 5.56 Å². The predicted molar refractivity (Wildman–Crippen MR) is 97.9 cm³/mol.